The summed E-state index contributed by atoms with van der Waals surface area (Å²) >= 11 is 0. The minimum Gasteiger partial charge on any atom is -0.497 e. The van der Waals surface area contributed by atoms with E-state index < -0.39 is 0 Å². The lowest BCUT2D eigenvalue weighted by molar-refractivity contribution is -0.135. The molecule has 0 heterocycles. The second-order valence-corrected chi connectivity index (χ2v) is 6.60. The first-order chi connectivity index (χ1) is 13.0. The largest absolute Gasteiger partial charge is 0.497 e. The third kappa shape index (κ3) is 4.45. The molecule has 2 unspecified atom stereocenters. The lowest BCUT2D eigenvalue weighted by Gasteiger charge is -2.20. The summed E-state index contributed by atoms with van der Waals surface area (Å²) in [5.74, 6) is -0.382. The molecular weight excluding hydrogens is 347 g/mol. The van der Waals surface area contributed by atoms with Gasteiger partial charge in [-0.25, -0.2) is 4.39 Å². The molecule has 0 aromatic heterocycles. The Hall–Kier alpha value is -2.89. The molecule has 1 fully saturated rings. The molecular formula is C21H23FN2O3. The summed E-state index contributed by atoms with van der Waals surface area (Å²) in [6.07, 6.45) is 0.619. The van der Waals surface area contributed by atoms with Crippen LogP contribution in [0.15, 0.2) is 48.5 Å². The first kappa shape index (κ1) is 18.9. The fourth-order valence-corrected chi connectivity index (χ4v) is 3.24. The molecule has 1 saturated carbocycles. The summed E-state index contributed by atoms with van der Waals surface area (Å²) in [4.78, 5) is 26.6. The van der Waals surface area contributed by atoms with Crippen LogP contribution in [0.1, 0.15) is 24.8 Å². The van der Waals surface area contributed by atoms with Gasteiger partial charge in [-0.1, -0.05) is 24.3 Å². The van der Waals surface area contributed by atoms with Crippen LogP contribution in [-0.2, 0) is 9.59 Å². The average Bonchev–Trinajstić information content (AvgIpc) is 3.46. The van der Waals surface area contributed by atoms with E-state index in [4.69, 9.17) is 4.74 Å². The van der Waals surface area contributed by atoms with Gasteiger partial charge in [0.2, 0.25) is 11.8 Å². The van der Waals surface area contributed by atoms with Crippen molar-refractivity contribution in [3.8, 4) is 5.75 Å². The van der Waals surface area contributed by atoms with Gasteiger partial charge in [-0.05, 0) is 43.0 Å². The molecule has 0 saturated heterocycles. The summed E-state index contributed by atoms with van der Waals surface area (Å²) < 4.78 is 19.0. The third-order valence-corrected chi connectivity index (χ3v) is 4.79. The number of anilines is 1. The van der Waals surface area contributed by atoms with Crippen LogP contribution >= 0.6 is 0 Å². The Morgan fingerprint density at radius 1 is 1.22 bits per heavy atom. The van der Waals surface area contributed by atoms with Gasteiger partial charge >= 0.3 is 0 Å². The van der Waals surface area contributed by atoms with E-state index in [0.717, 1.165) is 0 Å². The summed E-state index contributed by atoms with van der Waals surface area (Å²) in [6.45, 7) is 2.22. The number of amides is 2. The number of likely N-dealkylation sites (N-methyl/N-ethyl adjacent to an activating group) is 1. The van der Waals surface area contributed by atoms with Crippen molar-refractivity contribution < 1.29 is 18.7 Å². The van der Waals surface area contributed by atoms with Gasteiger partial charge in [0.15, 0.2) is 0 Å². The predicted octanol–water partition coefficient (Wildman–Crippen LogP) is 3.43. The monoisotopic (exact) mass is 370 g/mol. The number of carbonyl (C=O) groups excluding carboxylic acids is 2. The maximum atomic E-state index is 13.9. The van der Waals surface area contributed by atoms with E-state index >= 15 is 0 Å². The third-order valence-electron chi connectivity index (χ3n) is 4.79. The Morgan fingerprint density at radius 3 is 2.70 bits per heavy atom. The summed E-state index contributed by atoms with van der Waals surface area (Å²) in [5.41, 5.74) is 1.19. The first-order valence-electron chi connectivity index (χ1n) is 9.00. The highest BCUT2D eigenvalue weighted by molar-refractivity contribution is 5.95. The number of rotatable bonds is 7. The van der Waals surface area contributed by atoms with Gasteiger partial charge in [-0.15, -0.1) is 0 Å². The summed E-state index contributed by atoms with van der Waals surface area (Å²) in [7, 11) is 1.56. The van der Waals surface area contributed by atoms with Crippen molar-refractivity contribution in [1.82, 2.24) is 4.90 Å². The molecule has 2 aromatic carbocycles. The smallest absolute Gasteiger partial charge is 0.243 e. The van der Waals surface area contributed by atoms with Gasteiger partial charge < -0.3 is 15.0 Å². The van der Waals surface area contributed by atoms with Crippen molar-refractivity contribution in [2.24, 2.45) is 5.92 Å². The van der Waals surface area contributed by atoms with Crippen LogP contribution in [-0.4, -0.2) is 36.9 Å². The van der Waals surface area contributed by atoms with Crippen molar-refractivity contribution in [1.29, 1.82) is 0 Å². The number of benzene rings is 2. The molecule has 27 heavy (non-hydrogen) atoms. The molecule has 2 aromatic rings. The first-order valence-corrected chi connectivity index (χ1v) is 9.00. The zero-order chi connectivity index (χ0) is 19.4. The summed E-state index contributed by atoms with van der Waals surface area (Å²) in [5, 5.41) is 2.77. The van der Waals surface area contributed by atoms with Gasteiger partial charge in [0, 0.05) is 24.2 Å². The molecule has 1 N–H and O–H groups in total. The Balaban J connectivity index is 1.59. The standard InChI is InChI=1S/C21H23FN2O3/c1-3-24(13-20(25)23-14-7-6-8-15(11-14)27-2)21(26)18-12-17(18)16-9-4-5-10-19(16)22/h4-11,17-18H,3,12-13H2,1-2H3,(H,23,25). The average molecular weight is 370 g/mol. The number of hydrogen-bond acceptors (Lipinski definition) is 3. The maximum Gasteiger partial charge on any atom is 0.243 e. The normalized spacial score (nSPS) is 17.9. The Kier molecular flexibility index (Phi) is 5.74. The van der Waals surface area contributed by atoms with E-state index in [-0.39, 0.29) is 36.0 Å². The SMILES string of the molecule is CCN(CC(=O)Nc1cccc(OC)c1)C(=O)C1CC1c1ccccc1F. The molecule has 0 spiro atoms. The molecule has 0 bridgehead atoms. The quantitative estimate of drug-likeness (QED) is 0.812. The molecule has 2 amide bonds. The Labute approximate surface area is 158 Å². The topological polar surface area (TPSA) is 58.6 Å². The van der Waals surface area contributed by atoms with Crippen LogP contribution in [0.2, 0.25) is 0 Å². The lowest BCUT2D eigenvalue weighted by atomic mass is 10.1. The van der Waals surface area contributed by atoms with Crippen LogP contribution < -0.4 is 10.1 Å². The molecule has 3 rings (SSSR count). The number of ether oxygens (including phenoxy) is 1. The maximum absolute atomic E-state index is 13.9. The molecule has 6 heteroatoms. The van der Waals surface area contributed by atoms with Crippen LogP contribution in [0.3, 0.4) is 0 Å². The van der Waals surface area contributed by atoms with Gasteiger partial charge in [0.1, 0.15) is 11.6 Å². The second kappa shape index (κ2) is 8.20. The second-order valence-electron chi connectivity index (χ2n) is 6.60. The highest BCUT2D eigenvalue weighted by atomic mass is 19.1. The van der Waals surface area contributed by atoms with Gasteiger partial charge in [-0.2, -0.15) is 0 Å². The van der Waals surface area contributed by atoms with E-state index in [1.165, 1.54) is 11.0 Å². The van der Waals surface area contributed by atoms with Crippen LogP contribution in [0, 0.1) is 11.7 Å². The van der Waals surface area contributed by atoms with E-state index in [0.29, 0.717) is 30.0 Å². The highest BCUT2D eigenvalue weighted by Crippen LogP contribution is 2.49. The van der Waals surface area contributed by atoms with E-state index in [1.54, 1.807) is 49.6 Å². The number of nitrogens with zero attached hydrogens (tertiary/aromatic N) is 1. The molecule has 1 aliphatic carbocycles. The molecule has 0 aliphatic heterocycles. The molecule has 5 nitrogen and oxygen atoms in total. The molecule has 0 radical (unpaired) electrons. The van der Waals surface area contributed by atoms with E-state index in [9.17, 15) is 14.0 Å². The fraction of sp³-hybridized carbons (Fsp3) is 0.333. The number of nitrogens with one attached hydrogen (secondary N) is 1. The van der Waals surface area contributed by atoms with E-state index in [1.807, 2.05) is 6.92 Å². The van der Waals surface area contributed by atoms with Crippen LogP contribution in [0.5, 0.6) is 5.75 Å². The fourth-order valence-electron chi connectivity index (χ4n) is 3.24. The zero-order valence-electron chi connectivity index (χ0n) is 15.4. The number of carbonyl (C=O) groups is 2. The van der Waals surface area contributed by atoms with Crippen molar-refractivity contribution in [3.63, 3.8) is 0 Å². The van der Waals surface area contributed by atoms with Crippen molar-refractivity contribution in [3.05, 3.63) is 59.9 Å². The number of methoxy groups -OCH3 is 1. The molecule has 1 aliphatic rings. The highest BCUT2D eigenvalue weighted by Gasteiger charge is 2.46. The number of hydrogen-bond donors (Lipinski definition) is 1. The predicted molar refractivity (Wildman–Crippen MR) is 101 cm³/mol. The van der Waals surface area contributed by atoms with E-state index in [2.05, 4.69) is 5.32 Å². The number of halogens is 1. The Morgan fingerprint density at radius 2 is 2.00 bits per heavy atom. The molecule has 142 valence electrons. The minimum atomic E-state index is -0.281. The zero-order valence-corrected chi connectivity index (χ0v) is 15.4. The van der Waals surface area contributed by atoms with Gasteiger partial charge in [0.05, 0.1) is 13.7 Å². The molecule has 2 atom stereocenters. The Bertz CT molecular complexity index is 840. The lowest BCUT2D eigenvalue weighted by Crippen LogP contribution is -2.39. The van der Waals surface area contributed by atoms with Gasteiger partial charge in [0.25, 0.3) is 0 Å². The van der Waals surface area contributed by atoms with Gasteiger partial charge in [-0.3, -0.25) is 9.59 Å². The van der Waals surface area contributed by atoms with Crippen molar-refractivity contribution in [2.45, 2.75) is 19.3 Å². The summed E-state index contributed by atoms with van der Waals surface area (Å²) in [6, 6.07) is 13.6. The van der Waals surface area contributed by atoms with Crippen molar-refractivity contribution in [2.75, 3.05) is 25.5 Å². The van der Waals surface area contributed by atoms with Crippen LogP contribution in [0.4, 0.5) is 10.1 Å². The van der Waals surface area contributed by atoms with Crippen molar-refractivity contribution >= 4 is 17.5 Å². The van der Waals surface area contributed by atoms with Crippen LogP contribution in [0.25, 0.3) is 0 Å². The minimum absolute atomic E-state index is 0.0347.